The Balaban J connectivity index is 1.45. The van der Waals surface area contributed by atoms with E-state index in [0.29, 0.717) is 12.2 Å². The van der Waals surface area contributed by atoms with Crippen LogP contribution in [0.1, 0.15) is 44.7 Å². The van der Waals surface area contributed by atoms with E-state index >= 15 is 0 Å². The molecule has 0 aliphatic heterocycles. The van der Waals surface area contributed by atoms with Crippen molar-refractivity contribution in [3.05, 3.63) is 71.1 Å². The number of rotatable bonds is 8. The van der Waals surface area contributed by atoms with Gasteiger partial charge in [0.25, 0.3) is 11.8 Å². The van der Waals surface area contributed by atoms with Crippen LogP contribution < -0.4 is 15.4 Å². The summed E-state index contributed by atoms with van der Waals surface area (Å²) in [7, 11) is 1.79. The van der Waals surface area contributed by atoms with Gasteiger partial charge in [-0.05, 0) is 45.4 Å². The highest BCUT2D eigenvalue weighted by Gasteiger charge is 2.22. The molecule has 11 heteroatoms. The summed E-state index contributed by atoms with van der Waals surface area (Å²) < 4.78 is 10.5. The average molecular weight is 477 g/mol. The first-order valence-electron chi connectivity index (χ1n) is 11.2. The van der Waals surface area contributed by atoms with E-state index in [1.165, 1.54) is 15.6 Å². The number of carbonyl (C=O) groups is 2. The number of aryl methyl sites for hydroxylation is 4. The average Bonchev–Trinajstić information content (AvgIpc) is 3.54. The summed E-state index contributed by atoms with van der Waals surface area (Å²) in [6, 6.07) is 7.51. The van der Waals surface area contributed by atoms with Crippen LogP contribution in [-0.2, 0) is 20.3 Å². The number of carbonyl (C=O) groups excluding carboxylic acids is 2. The molecule has 0 spiro atoms. The Bertz CT molecular complexity index is 1380. The lowest BCUT2D eigenvalue weighted by Crippen LogP contribution is -2.21. The number of nitrogens with one attached hydrogen (secondary N) is 2. The molecule has 0 bridgehead atoms. The number of aromatic nitrogens is 6. The number of anilines is 2. The van der Waals surface area contributed by atoms with Gasteiger partial charge < -0.3 is 15.4 Å². The van der Waals surface area contributed by atoms with Crippen molar-refractivity contribution in [2.45, 2.75) is 41.0 Å². The van der Waals surface area contributed by atoms with Gasteiger partial charge in [-0.25, -0.2) is 4.68 Å². The Morgan fingerprint density at radius 1 is 1.00 bits per heavy atom. The standard InChI is InChI=1S/C24H28N8O3/c1-6-32-22(24(34)27-19-12-25-30(5)17(19)4)20(13-26-32)28-23(33)18-9-10-31(29-18)14-35-21-8-7-15(2)11-16(21)3/h7-13H,6,14H2,1-5H3,(H,27,34)(H,28,33). The molecule has 2 amide bonds. The molecule has 1 aromatic carbocycles. The van der Waals surface area contributed by atoms with Gasteiger partial charge in [-0.1, -0.05) is 17.7 Å². The molecule has 0 atom stereocenters. The topological polar surface area (TPSA) is 121 Å². The molecule has 0 saturated carbocycles. The van der Waals surface area contributed by atoms with E-state index in [-0.39, 0.29) is 23.8 Å². The lowest BCUT2D eigenvalue weighted by Gasteiger charge is -2.10. The van der Waals surface area contributed by atoms with Crippen LogP contribution in [-0.4, -0.2) is 41.2 Å². The summed E-state index contributed by atoms with van der Waals surface area (Å²) in [5, 5.41) is 18.2. The lowest BCUT2D eigenvalue weighted by molar-refractivity contribution is 0.101. The molecular formula is C24H28N8O3. The number of amides is 2. The molecule has 3 aromatic heterocycles. The summed E-state index contributed by atoms with van der Waals surface area (Å²) in [5.74, 6) is -0.107. The zero-order chi connectivity index (χ0) is 25.1. The minimum absolute atomic E-state index is 0.156. The van der Waals surface area contributed by atoms with Crippen LogP contribution in [0.25, 0.3) is 0 Å². The SMILES string of the molecule is CCn1ncc(NC(=O)c2ccn(COc3ccc(C)cc3C)n2)c1C(=O)Nc1cnn(C)c1C. The van der Waals surface area contributed by atoms with Gasteiger partial charge in [0.1, 0.15) is 11.4 Å². The van der Waals surface area contributed by atoms with E-state index in [9.17, 15) is 9.59 Å². The van der Waals surface area contributed by atoms with Gasteiger partial charge in [-0.15, -0.1) is 0 Å². The molecule has 0 fully saturated rings. The van der Waals surface area contributed by atoms with E-state index in [4.69, 9.17) is 4.74 Å². The number of ether oxygens (including phenoxy) is 1. The zero-order valence-electron chi connectivity index (χ0n) is 20.4. The minimum Gasteiger partial charge on any atom is -0.471 e. The van der Waals surface area contributed by atoms with Crippen LogP contribution in [0.3, 0.4) is 0 Å². The van der Waals surface area contributed by atoms with Crippen LogP contribution in [0, 0.1) is 20.8 Å². The minimum atomic E-state index is -0.461. The number of hydrogen-bond acceptors (Lipinski definition) is 6. The summed E-state index contributed by atoms with van der Waals surface area (Å²) in [4.78, 5) is 25.9. The van der Waals surface area contributed by atoms with Gasteiger partial charge in [-0.2, -0.15) is 15.3 Å². The monoisotopic (exact) mass is 476 g/mol. The van der Waals surface area contributed by atoms with Crippen molar-refractivity contribution >= 4 is 23.2 Å². The van der Waals surface area contributed by atoms with Crippen LogP contribution in [0.15, 0.2) is 42.9 Å². The fourth-order valence-electron chi connectivity index (χ4n) is 3.60. The van der Waals surface area contributed by atoms with Gasteiger partial charge in [0.2, 0.25) is 0 Å². The van der Waals surface area contributed by atoms with Crippen molar-refractivity contribution in [3.63, 3.8) is 0 Å². The van der Waals surface area contributed by atoms with Gasteiger partial charge in [0.15, 0.2) is 12.4 Å². The van der Waals surface area contributed by atoms with Gasteiger partial charge >= 0.3 is 0 Å². The smallest absolute Gasteiger partial charge is 0.276 e. The third-order valence-corrected chi connectivity index (χ3v) is 5.64. The molecular weight excluding hydrogens is 448 g/mol. The van der Waals surface area contributed by atoms with Crippen molar-refractivity contribution < 1.29 is 14.3 Å². The predicted octanol–water partition coefficient (Wildman–Crippen LogP) is 3.30. The Morgan fingerprint density at radius 3 is 2.43 bits per heavy atom. The second-order valence-corrected chi connectivity index (χ2v) is 8.18. The molecule has 0 radical (unpaired) electrons. The Hall–Kier alpha value is -4.41. The highest BCUT2D eigenvalue weighted by molar-refractivity contribution is 6.11. The van der Waals surface area contributed by atoms with Crippen molar-refractivity contribution in [2.75, 3.05) is 10.6 Å². The molecule has 0 aliphatic carbocycles. The maximum atomic E-state index is 13.0. The van der Waals surface area contributed by atoms with E-state index in [0.717, 1.165) is 22.6 Å². The second-order valence-electron chi connectivity index (χ2n) is 8.18. The molecule has 2 N–H and O–H groups in total. The molecule has 35 heavy (non-hydrogen) atoms. The van der Waals surface area contributed by atoms with E-state index in [1.807, 2.05) is 45.9 Å². The first-order valence-corrected chi connectivity index (χ1v) is 11.2. The first-order chi connectivity index (χ1) is 16.8. The lowest BCUT2D eigenvalue weighted by atomic mass is 10.1. The third-order valence-electron chi connectivity index (χ3n) is 5.64. The second kappa shape index (κ2) is 9.84. The van der Waals surface area contributed by atoms with Crippen LogP contribution in [0.5, 0.6) is 5.75 Å². The Morgan fingerprint density at radius 2 is 1.74 bits per heavy atom. The largest absolute Gasteiger partial charge is 0.471 e. The van der Waals surface area contributed by atoms with Crippen molar-refractivity contribution in [1.82, 2.24) is 29.3 Å². The Kier molecular flexibility index (Phi) is 6.67. The fourth-order valence-corrected chi connectivity index (χ4v) is 3.60. The Labute approximate surface area is 202 Å². The molecule has 3 heterocycles. The van der Waals surface area contributed by atoms with E-state index in [2.05, 4.69) is 25.9 Å². The molecule has 0 unspecified atom stereocenters. The van der Waals surface area contributed by atoms with Crippen molar-refractivity contribution in [3.8, 4) is 5.75 Å². The summed E-state index contributed by atoms with van der Waals surface area (Å²) in [6.07, 6.45) is 4.68. The highest BCUT2D eigenvalue weighted by Crippen LogP contribution is 2.21. The molecule has 11 nitrogen and oxygen atoms in total. The first kappa shape index (κ1) is 23.7. The van der Waals surface area contributed by atoms with Crippen molar-refractivity contribution in [1.29, 1.82) is 0 Å². The van der Waals surface area contributed by atoms with Crippen LogP contribution >= 0.6 is 0 Å². The van der Waals surface area contributed by atoms with Gasteiger partial charge in [-0.3, -0.25) is 19.0 Å². The molecule has 182 valence electrons. The quantitative estimate of drug-likeness (QED) is 0.403. The highest BCUT2D eigenvalue weighted by atomic mass is 16.5. The number of benzene rings is 1. The number of nitrogens with zero attached hydrogens (tertiary/aromatic N) is 6. The molecule has 0 saturated heterocycles. The normalized spacial score (nSPS) is 10.9. The predicted molar refractivity (Wildman–Crippen MR) is 131 cm³/mol. The summed E-state index contributed by atoms with van der Waals surface area (Å²) in [5.41, 5.74) is 4.28. The molecule has 4 aromatic rings. The summed E-state index contributed by atoms with van der Waals surface area (Å²) in [6.45, 7) is 8.32. The third kappa shape index (κ3) is 5.08. The van der Waals surface area contributed by atoms with Gasteiger partial charge in [0.05, 0.1) is 29.5 Å². The van der Waals surface area contributed by atoms with E-state index in [1.54, 1.807) is 30.2 Å². The summed E-state index contributed by atoms with van der Waals surface area (Å²) >= 11 is 0. The van der Waals surface area contributed by atoms with Crippen LogP contribution in [0.4, 0.5) is 11.4 Å². The van der Waals surface area contributed by atoms with E-state index < -0.39 is 11.8 Å². The van der Waals surface area contributed by atoms with Gasteiger partial charge in [0, 0.05) is 19.8 Å². The number of hydrogen-bond donors (Lipinski definition) is 2. The molecule has 4 rings (SSSR count). The maximum Gasteiger partial charge on any atom is 0.276 e. The van der Waals surface area contributed by atoms with Crippen LogP contribution in [0.2, 0.25) is 0 Å². The zero-order valence-corrected chi connectivity index (χ0v) is 20.4. The van der Waals surface area contributed by atoms with Crippen molar-refractivity contribution in [2.24, 2.45) is 7.05 Å². The molecule has 0 aliphatic rings. The fraction of sp³-hybridized carbons (Fsp3) is 0.292. The maximum absolute atomic E-state index is 13.0.